The molecule has 2 rings (SSSR count). The summed E-state index contributed by atoms with van der Waals surface area (Å²) in [5.41, 5.74) is 0. The Morgan fingerprint density at radius 1 is 0.760 bits per heavy atom. The van der Waals surface area contributed by atoms with Gasteiger partial charge in [-0.25, -0.2) is 0 Å². The zero-order chi connectivity index (χ0) is 18.1. The normalized spacial score (nSPS) is 25.7. The first kappa shape index (κ1) is 20.2. The molecule has 2 heterocycles. The largest absolute Gasteiger partial charge is 0.462 e. The summed E-state index contributed by atoms with van der Waals surface area (Å²) >= 11 is 0. The minimum absolute atomic E-state index is 0.0423. The third kappa shape index (κ3) is 8.19. The molecule has 2 aliphatic rings. The van der Waals surface area contributed by atoms with Crippen molar-refractivity contribution in [1.82, 2.24) is 0 Å². The lowest BCUT2D eigenvalue weighted by molar-refractivity contribution is -0.142. The van der Waals surface area contributed by atoms with Gasteiger partial charge in [-0.15, -0.1) is 0 Å². The van der Waals surface area contributed by atoms with Crippen LogP contribution >= 0.6 is 0 Å². The second-order valence-corrected chi connectivity index (χ2v) is 7.40. The Bertz CT molecular complexity index is 386. The van der Waals surface area contributed by atoms with Gasteiger partial charge in [0.15, 0.2) is 0 Å². The van der Waals surface area contributed by atoms with Crippen LogP contribution in [0, 0.1) is 0 Å². The molecular formula is C19H32O6. The summed E-state index contributed by atoms with van der Waals surface area (Å²) in [6.07, 6.45) is 9.07. The minimum Gasteiger partial charge on any atom is -0.462 e. The van der Waals surface area contributed by atoms with Crippen LogP contribution in [0.25, 0.3) is 0 Å². The first-order valence-corrected chi connectivity index (χ1v) is 9.78. The van der Waals surface area contributed by atoms with Crippen LogP contribution in [0.3, 0.4) is 0 Å². The molecule has 4 atom stereocenters. The maximum Gasteiger partial charge on any atom is 0.306 e. The van der Waals surface area contributed by atoms with Gasteiger partial charge in [-0.3, -0.25) is 9.59 Å². The number of aliphatic hydroxyl groups excluding tert-OH is 2. The molecule has 0 radical (unpaired) electrons. The lowest BCUT2D eigenvalue weighted by Crippen LogP contribution is -2.13. The molecule has 0 aromatic heterocycles. The number of hydrogen-bond acceptors (Lipinski definition) is 6. The maximum absolute atomic E-state index is 11.0. The zero-order valence-electron chi connectivity index (χ0n) is 15.0. The Labute approximate surface area is 149 Å². The SMILES string of the molecule is O=C1CCC(CCCC(O)CCCC(O)CCCC2CCC(=O)O2)O1. The van der Waals surface area contributed by atoms with E-state index in [0.29, 0.717) is 25.7 Å². The monoisotopic (exact) mass is 356 g/mol. The lowest BCUT2D eigenvalue weighted by atomic mass is 10.00. The summed E-state index contributed by atoms with van der Waals surface area (Å²) in [6, 6.07) is 0. The molecule has 2 fully saturated rings. The third-order valence-electron chi connectivity index (χ3n) is 5.14. The fourth-order valence-corrected chi connectivity index (χ4v) is 3.61. The highest BCUT2D eigenvalue weighted by Crippen LogP contribution is 2.22. The van der Waals surface area contributed by atoms with Gasteiger partial charge < -0.3 is 19.7 Å². The van der Waals surface area contributed by atoms with E-state index in [1.165, 1.54) is 0 Å². The van der Waals surface area contributed by atoms with Crippen molar-refractivity contribution < 1.29 is 29.3 Å². The third-order valence-corrected chi connectivity index (χ3v) is 5.14. The predicted molar refractivity (Wildman–Crippen MR) is 91.8 cm³/mol. The van der Waals surface area contributed by atoms with Crippen LogP contribution < -0.4 is 0 Å². The van der Waals surface area contributed by atoms with E-state index in [0.717, 1.165) is 57.8 Å². The molecule has 25 heavy (non-hydrogen) atoms. The fraction of sp³-hybridized carbons (Fsp3) is 0.895. The Kier molecular flexibility index (Phi) is 8.68. The fourth-order valence-electron chi connectivity index (χ4n) is 3.61. The van der Waals surface area contributed by atoms with E-state index in [9.17, 15) is 19.8 Å². The number of hydrogen-bond donors (Lipinski definition) is 2. The van der Waals surface area contributed by atoms with Crippen molar-refractivity contribution in [1.29, 1.82) is 0 Å². The van der Waals surface area contributed by atoms with Crippen molar-refractivity contribution >= 4 is 11.9 Å². The molecule has 0 saturated carbocycles. The van der Waals surface area contributed by atoms with E-state index < -0.39 is 0 Å². The molecule has 0 aromatic carbocycles. The smallest absolute Gasteiger partial charge is 0.306 e. The number of carbonyl (C=O) groups excluding carboxylic acids is 2. The number of carbonyl (C=O) groups is 2. The topological polar surface area (TPSA) is 93.1 Å². The van der Waals surface area contributed by atoms with Crippen molar-refractivity contribution in [3.63, 3.8) is 0 Å². The second kappa shape index (κ2) is 10.8. The average molecular weight is 356 g/mol. The van der Waals surface area contributed by atoms with Gasteiger partial charge in [0.05, 0.1) is 12.2 Å². The maximum atomic E-state index is 11.0. The molecule has 0 aliphatic carbocycles. The van der Waals surface area contributed by atoms with E-state index in [2.05, 4.69) is 0 Å². The molecule has 2 aliphatic heterocycles. The van der Waals surface area contributed by atoms with Gasteiger partial charge in [0, 0.05) is 12.8 Å². The number of esters is 2. The Morgan fingerprint density at radius 2 is 1.16 bits per heavy atom. The Hall–Kier alpha value is -1.14. The van der Waals surface area contributed by atoms with E-state index in [1.54, 1.807) is 0 Å². The highest BCUT2D eigenvalue weighted by molar-refractivity contribution is 5.71. The van der Waals surface area contributed by atoms with E-state index in [1.807, 2.05) is 0 Å². The number of cyclic esters (lactones) is 2. The molecule has 0 amide bonds. The average Bonchev–Trinajstić information content (AvgIpc) is 3.16. The number of rotatable bonds is 12. The summed E-state index contributed by atoms with van der Waals surface area (Å²) in [5.74, 6) is -0.212. The van der Waals surface area contributed by atoms with Crippen LogP contribution in [-0.4, -0.2) is 46.6 Å². The van der Waals surface area contributed by atoms with Gasteiger partial charge in [0.1, 0.15) is 12.2 Å². The molecule has 144 valence electrons. The van der Waals surface area contributed by atoms with E-state index in [4.69, 9.17) is 9.47 Å². The Balaban J connectivity index is 1.41. The second-order valence-electron chi connectivity index (χ2n) is 7.40. The first-order valence-electron chi connectivity index (χ1n) is 9.78. The molecule has 4 unspecified atom stereocenters. The van der Waals surface area contributed by atoms with Gasteiger partial charge >= 0.3 is 11.9 Å². The standard InChI is InChI=1S/C19H32O6/c20-14(6-2-8-16-10-12-18(22)24-16)4-1-5-15(21)7-3-9-17-11-13-19(23)25-17/h14-17,20-21H,1-13H2. The van der Waals surface area contributed by atoms with Crippen LogP contribution in [0.5, 0.6) is 0 Å². The van der Waals surface area contributed by atoms with Gasteiger partial charge in [0.2, 0.25) is 0 Å². The van der Waals surface area contributed by atoms with Crippen LogP contribution in [0.4, 0.5) is 0 Å². The minimum atomic E-state index is -0.345. The molecule has 0 aromatic rings. The van der Waals surface area contributed by atoms with Crippen LogP contribution in [0.2, 0.25) is 0 Å². The van der Waals surface area contributed by atoms with Crippen molar-refractivity contribution in [3.05, 3.63) is 0 Å². The van der Waals surface area contributed by atoms with E-state index in [-0.39, 0.29) is 36.4 Å². The van der Waals surface area contributed by atoms with Gasteiger partial charge in [-0.05, 0) is 70.6 Å². The number of aliphatic hydroxyl groups is 2. The van der Waals surface area contributed by atoms with Crippen LogP contribution in [0.15, 0.2) is 0 Å². The van der Waals surface area contributed by atoms with Crippen LogP contribution in [-0.2, 0) is 19.1 Å². The summed E-state index contributed by atoms with van der Waals surface area (Å²) < 4.78 is 10.3. The van der Waals surface area contributed by atoms with Crippen molar-refractivity contribution in [2.75, 3.05) is 0 Å². The molecule has 6 heteroatoms. The van der Waals surface area contributed by atoms with Crippen molar-refractivity contribution in [2.45, 2.75) is 108 Å². The summed E-state index contributed by atoms with van der Waals surface area (Å²) in [7, 11) is 0. The molecule has 6 nitrogen and oxygen atoms in total. The summed E-state index contributed by atoms with van der Waals surface area (Å²) in [4.78, 5) is 22.0. The molecule has 2 saturated heterocycles. The van der Waals surface area contributed by atoms with Crippen molar-refractivity contribution in [3.8, 4) is 0 Å². The zero-order valence-corrected chi connectivity index (χ0v) is 15.0. The Morgan fingerprint density at radius 3 is 1.52 bits per heavy atom. The quantitative estimate of drug-likeness (QED) is 0.522. The highest BCUT2D eigenvalue weighted by atomic mass is 16.6. The van der Waals surface area contributed by atoms with E-state index >= 15 is 0 Å². The molecule has 2 N–H and O–H groups in total. The van der Waals surface area contributed by atoms with Gasteiger partial charge in [-0.1, -0.05) is 0 Å². The lowest BCUT2D eigenvalue weighted by Gasteiger charge is -2.15. The first-order chi connectivity index (χ1) is 12.0. The van der Waals surface area contributed by atoms with Crippen molar-refractivity contribution in [2.24, 2.45) is 0 Å². The summed E-state index contributed by atoms with van der Waals surface area (Å²) in [5, 5.41) is 20.0. The highest BCUT2D eigenvalue weighted by Gasteiger charge is 2.23. The summed E-state index contributed by atoms with van der Waals surface area (Å²) in [6.45, 7) is 0. The predicted octanol–water partition coefficient (Wildman–Crippen LogP) is 2.63. The number of ether oxygens (including phenoxy) is 2. The molecule has 0 spiro atoms. The van der Waals surface area contributed by atoms with Gasteiger partial charge in [0.25, 0.3) is 0 Å². The van der Waals surface area contributed by atoms with Gasteiger partial charge in [-0.2, -0.15) is 0 Å². The van der Waals surface area contributed by atoms with Crippen LogP contribution in [0.1, 0.15) is 83.5 Å². The molecular weight excluding hydrogens is 324 g/mol. The molecule has 0 bridgehead atoms.